The molecule has 2 aliphatic carbocycles. The lowest BCUT2D eigenvalue weighted by Crippen LogP contribution is -2.57. The van der Waals surface area contributed by atoms with Crippen molar-refractivity contribution in [2.75, 3.05) is 44.7 Å². The second-order valence-corrected chi connectivity index (χ2v) is 19.2. The van der Waals surface area contributed by atoms with Crippen LogP contribution < -0.4 is 19.7 Å². The van der Waals surface area contributed by atoms with Gasteiger partial charge in [-0.2, -0.15) is 0 Å². The first-order valence-electron chi connectivity index (χ1n) is 19.0. The molecule has 50 heavy (non-hydrogen) atoms. The van der Waals surface area contributed by atoms with Crippen LogP contribution in [0.4, 0.5) is 5.69 Å². The van der Waals surface area contributed by atoms with Crippen LogP contribution in [0.5, 0.6) is 5.75 Å². The van der Waals surface area contributed by atoms with E-state index in [9.17, 15) is 13.2 Å². The van der Waals surface area contributed by atoms with E-state index < -0.39 is 26.6 Å². The fourth-order valence-corrected chi connectivity index (χ4v) is 11.8. The maximum Gasteiger partial charge on any atom is 0.264 e. The van der Waals surface area contributed by atoms with E-state index in [1.54, 1.807) is 27.0 Å². The summed E-state index contributed by atoms with van der Waals surface area (Å²) in [6.07, 6.45) is 8.79. The van der Waals surface area contributed by atoms with E-state index in [1.807, 2.05) is 6.07 Å². The molecule has 2 aromatic carbocycles. The third kappa shape index (κ3) is 4.90. The van der Waals surface area contributed by atoms with Crippen LogP contribution in [0.2, 0.25) is 0 Å². The molecule has 0 radical (unpaired) electrons. The van der Waals surface area contributed by atoms with Gasteiger partial charge in [-0.15, -0.1) is 0 Å². The summed E-state index contributed by atoms with van der Waals surface area (Å²) in [6, 6.07) is 12.3. The fraction of sp³-hybridized carbons (Fsp3) is 0.650. The van der Waals surface area contributed by atoms with Gasteiger partial charge < -0.3 is 19.9 Å². The number of carbonyl (C=O) groups excluding carboxylic acids is 2. The minimum Gasteiger partial charge on any atom is -0.497 e. The molecule has 2 aromatic rings. The van der Waals surface area contributed by atoms with E-state index in [0.29, 0.717) is 18.0 Å². The van der Waals surface area contributed by atoms with E-state index in [0.717, 1.165) is 69.7 Å². The second kappa shape index (κ2) is 12.0. The molecule has 4 aliphatic heterocycles. The van der Waals surface area contributed by atoms with Crippen LogP contribution in [-0.2, 0) is 14.8 Å². The Kier molecular flexibility index (Phi) is 8.14. The highest BCUT2D eigenvalue weighted by Crippen LogP contribution is 2.65. The Morgan fingerprint density at radius 2 is 1.74 bits per heavy atom. The van der Waals surface area contributed by atoms with Crippen LogP contribution in [0.15, 0.2) is 36.4 Å². The summed E-state index contributed by atoms with van der Waals surface area (Å²) in [7, 11) is -2.08. The van der Waals surface area contributed by atoms with E-state index in [-0.39, 0.29) is 34.6 Å². The summed E-state index contributed by atoms with van der Waals surface area (Å²) in [5.74, 6) is 1.24. The third-order valence-electron chi connectivity index (χ3n) is 14.3. The lowest BCUT2D eigenvalue weighted by atomic mass is 9.56. The number of hydrogen-bond acceptors (Lipinski definition) is 7. The number of nitrogens with one attached hydrogen (secondary N) is 2. The zero-order valence-corrected chi connectivity index (χ0v) is 31.2. The molecule has 2 saturated carbocycles. The minimum atomic E-state index is -3.80. The van der Waals surface area contributed by atoms with E-state index in [2.05, 4.69) is 58.0 Å². The molecule has 4 fully saturated rings. The molecule has 2 amide bonds. The number of fused-ring (bicyclic) bond motifs is 8. The molecule has 0 spiro atoms. The second-order valence-electron chi connectivity index (χ2n) is 17.0. The number of benzene rings is 2. The van der Waals surface area contributed by atoms with Gasteiger partial charge in [-0.1, -0.05) is 45.2 Å². The predicted octanol–water partition coefficient (Wildman–Crippen LogP) is 6.11. The van der Waals surface area contributed by atoms with Crippen molar-refractivity contribution in [2.24, 2.45) is 22.2 Å². The summed E-state index contributed by atoms with van der Waals surface area (Å²) in [5, 5.41) is 2.92. The van der Waals surface area contributed by atoms with Crippen molar-refractivity contribution < 1.29 is 22.7 Å². The molecule has 4 heterocycles. The Bertz CT molecular complexity index is 1820. The largest absolute Gasteiger partial charge is 0.497 e. The molecule has 6 aliphatic rings. The summed E-state index contributed by atoms with van der Waals surface area (Å²) in [5.41, 5.74) is 4.55. The third-order valence-corrected chi connectivity index (χ3v) is 16.0. The summed E-state index contributed by atoms with van der Waals surface area (Å²) in [4.78, 5) is 33.5. The van der Waals surface area contributed by atoms with Gasteiger partial charge in [0, 0.05) is 66.6 Å². The molecular formula is C40H54N4O5S. The molecule has 9 nitrogen and oxygen atoms in total. The van der Waals surface area contributed by atoms with Crippen molar-refractivity contribution in [2.45, 2.75) is 102 Å². The van der Waals surface area contributed by atoms with Gasteiger partial charge in [-0.3, -0.25) is 9.59 Å². The van der Waals surface area contributed by atoms with Gasteiger partial charge in [0.05, 0.1) is 23.8 Å². The van der Waals surface area contributed by atoms with Crippen LogP contribution in [0.25, 0.3) is 0 Å². The zero-order chi connectivity index (χ0) is 35.2. The first kappa shape index (κ1) is 34.0. The van der Waals surface area contributed by atoms with Crippen LogP contribution in [-0.4, -0.2) is 70.2 Å². The molecule has 6 unspecified atom stereocenters. The van der Waals surface area contributed by atoms with Crippen LogP contribution >= 0.6 is 0 Å². The van der Waals surface area contributed by atoms with Crippen LogP contribution in [0, 0.1) is 22.2 Å². The molecule has 0 aromatic heterocycles. The first-order valence-corrected chi connectivity index (χ1v) is 20.6. The standard InChI is InChI=1S/C40H54N4O5S/c1-6-39-21-41-20-38(39,4)22-43(23-39)37(46)40-17-16-32(40)31-19-28(49-5)13-15-29(31)35-34(26-10-8-7-9-11-26)30-14-12-27(18-33(30)44(35)24-40)36(45)42-50(47,48)25(2)3/h12-15,18-19,25-26,32,34-35,41H,6-11,16-17,20-24H2,1-5H3,(H,42,45). The highest BCUT2D eigenvalue weighted by atomic mass is 32.2. The van der Waals surface area contributed by atoms with Gasteiger partial charge in [0.1, 0.15) is 5.75 Å². The van der Waals surface area contributed by atoms with E-state index >= 15 is 4.79 Å². The van der Waals surface area contributed by atoms with E-state index in [4.69, 9.17) is 4.74 Å². The van der Waals surface area contributed by atoms with E-state index in [1.165, 1.54) is 36.0 Å². The Morgan fingerprint density at radius 1 is 0.980 bits per heavy atom. The summed E-state index contributed by atoms with van der Waals surface area (Å²) in [6.45, 7) is 11.8. The SMILES string of the molecule is CCC12CNCC1(C)CN(C(=O)C13CCC1c1cc(OC)ccc1C1C(C4CCCCC4)c4ccc(C(=O)NS(=O)(=O)C(C)C)cc4N1C3)C2. The highest BCUT2D eigenvalue weighted by Gasteiger charge is 2.64. The average molecular weight is 703 g/mol. The number of sulfonamides is 1. The van der Waals surface area contributed by atoms with Gasteiger partial charge in [-0.05, 0) is 92.8 Å². The number of rotatable bonds is 7. The summed E-state index contributed by atoms with van der Waals surface area (Å²) < 4.78 is 33.6. The van der Waals surface area contributed by atoms with Crippen molar-refractivity contribution in [1.29, 1.82) is 0 Å². The number of nitrogens with zero attached hydrogens (tertiary/aromatic N) is 2. The molecule has 2 saturated heterocycles. The lowest BCUT2D eigenvalue weighted by Gasteiger charge is -2.51. The topological polar surface area (TPSA) is 108 Å². The zero-order valence-electron chi connectivity index (χ0n) is 30.4. The number of methoxy groups -OCH3 is 1. The van der Waals surface area contributed by atoms with Crippen LogP contribution in [0.3, 0.4) is 0 Å². The van der Waals surface area contributed by atoms with Crippen molar-refractivity contribution in [3.05, 3.63) is 58.7 Å². The number of hydrogen-bond donors (Lipinski definition) is 2. The van der Waals surface area contributed by atoms with Gasteiger partial charge in [0.2, 0.25) is 15.9 Å². The normalized spacial score (nSPS) is 33.1. The van der Waals surface area contributed by atoms with Crippen molar-refractivity contribution >= 4 is 27.5 Å². The number of ether oxygens (including phenoxy) is 1. The minimum absolute atomic E-state index is 0.0173. The van der Waals surface area contributed by atoms with Gasteiger partial charge in [0.15, 0.2) is 0 Å². The molecule has 10 heteroatoms. The molecular weight excluding hydrogens is 649 g/mol. The number of carbonyl (C=O) groups is 2. The Labute approximate surface area is 297 Å². The van der Waals surface area contributed by atoms with Crippen molar-refractivity contribution in [3.8, 4) is 5.75 Å². The fourth-order valence-electron chi connectivity index (χ4n) is 11.2. The number of anilines is 1. The molecule has 6 atom stereocenters. The van der Waals surface area contributed by atoms with Gasteiger partial charge in [0.25, 0.3) is 5.91 Å². The Hall–Kier alpha value is -3.11. The van der Waals surface area contributed by atoms with Gasteiger partial charge in [-0.25, -0.2) is 13.1 Å². The average Bonchev–Trinajstić information content (AvgIpc) is 3.67. The lowest BCUT2D eigenvalue weighted by molar-refractivity contribution is -0.148. The summed E-state index contributed by atoms with van der Waals surface area (Å²) >= 11 is 0. The Morgan fingerprint density at radius 3 is 2.40 bits per heavy atom. The van der Waals surface area contributed by atoms with Gasteiger partial charge >= 0.3 is 0 Å². The van der Waals surface area contributed by atoms with Crippen molar-refractivity contribution in [1.82, 2.24) is 14.9 Å². The maximum atomic E-state index is 15.3. The maximum absolute atomic E-state index is 15.3. The highest BCUT2D eigenvalue weighted by molar-refractivity contribution is 7.90. The van der Waals surface area contributed by atoms with Crippen LogP contribution in [0.1, 0.15) is 124 Å². The number of likely N-dealkylation sites (tertiary alicyclic amines) is 1. The molecule has 270 valence electrons. The predicted molar refractivity (Wildman–Crippen MR) is 195 cm³/mol. The van der Waals surface area contributed by atoms with Crippen molar-refractivity contribution in [3.63, 3.8) is 0 Å². The quantitative estimate of drug-likeness (QED) is 0.359. The smallest absolute Gasteiger partial charge is 0.264 e. The molecule has 0 bridgehead atoms. The first-order chi connectivity index (χ1) is 23.9. The monoisotopic (exact) mass is 702 g/mol. The Balaban J connectivity index is 1.26. The molecule has 8 rings (SSSR count). The molecule has 2 N–H and O–H groups in total. The number of amides is 2.